The van der Waals surface area contributed by atoms with Gasteiger partial charge in [0.1, 0.15) is 17.1 Å². The van der Waals surface area contributed by atoms with Crippen LogP contribution in [-0.2, 0) is 20.7 Å². The van der Waals surface area contributed by atoms with E-state index in [1.54, 1.807) is 0 Å². The van der Waals surface area contributed by atoms with E-state index in [0.29, 0.717) is 25.5 Å². The Morgan fingerprint density at radius 1 is 1.00 bits per heavy atom. The van der Waals surface area contributed by atoms with Crippen molar-refractivity contribution in [3.8, 4) is 5.75 Å². The molecule has 1 spiro atoms. The zero-order valence-corrected chi connectivity index (χ0v) is 18.7. The number of carbonyl (C=O) groups is 1. The molecule has 1 N–H and O–H groups in total. The fraction of sp³-hybridized carbons (Fsp3) is 0.385. The van der Waals surface area contributed by atoms with E-state index in [1.165, 1.54) is 5.56 Å². The number of hydrogen-bond donors (Lipinski definition) is 1. The van der Waals surface area contributed by atoms with E-state index >= 15 is 0 Å². The summed E-state index contributed by atoms with van der Waals surface area (Å²) in [6.45, 7) is 3.54. The Hall–Kier alpha value is -3.16. The Kier molecular flexibility index (Phi) is 6.41. The molecular formula is C26H29N3O4. The lowest BCUT2D eigenvalue weighted by molar-refractivity contribution is -0.169. The highest BCUT2D eigenvalue weighted by molar-refractivity contribution is 5.86. The Balaban J connectivity index is 1.20. The van der Waals surface area contributed by atoms with Gasteiger partial charge in [0.2, 0.25) is 0 Å². The fourth-order valence-corrected chi connectivity index (χ4v) is 4.45. The van der Waals surface area contributed by atoms with Gasteiger partial charge in [-0.2, -0.15) is 0 Å². The number of hydrogen-bond acceptors (Lipinski definition) is 6. The van der Waals surface area contributed by atoms with E-state index in [9.17, 15) is 4.79 Å². The van der Waals surface area contributed by atoms with Gasteiger partial charge in [-0.1, -0.05) is 42.5 Å². The molecular weight excluding hydrogens is 418 g/mol. The topological polar surface area (TPSA) is 72.9 Å². The van der Waals surface area contributed by atoms with Gasteiger partial charge in [-0.15, -0.1) is 0 Å². The van der Waals surface area contributed by atoms with Crippen LogP contribution in [0.5, 0.6) is 5.75 Å². The van der Waals surface area contributed by atoms with Crippen LogP contribution in [0.3, 0.4) is 0 Å². The van der Waals surface area contributed by atoms with Crippen molar-refractivity contribution < 1.29 is 19.0 Å². The molecule has 0 bridgehead atoms. The third-order valence-corrected chi connectivity index (χ3v) is 6.27. The molecule has 0 unspecified atom stereocenters. The number of nitrogens with zero attached hydrogens (tertiary/aromatic N) is 2. The number of piperidine rings is 1. The van der Waals surface area contributed by atoms with Gasteiger partial charge >= 0.3 is 0 Å². The molecule has 3 aromatic rings. The van der Waals surface area contributed by atoms with E-state index in [4.69, 9.17) is 19.2 Å². The third kappa shape index (κ3) is 5.10. The van der Waals surface area contributed by atoms with Crippen LogP contribution in [0.25, 0.3) is 10.9 Å². The first kappa shape index (κ1) is 21.7. The molecule has 7 nitrogen and oxygen atoms in total. The maximum atomic E-state index is 12.3. The maximum absolute atomic E-state index is 12.3. The van der Waals surface area contributed by atoms with Crippen molar-refractivity contribution in [2.75, 3.05) is 44.4 Å². The maximum Gasteiger partial charge on any atom is 0.257 e. The summed E-state index contributed by atoms with van der Waals surface area (Å²) in [6, 6.07) is 20.0. The number of carbonyl (C=O) groups excluding carboxylic acids is 1. The van der Waals surface area contributed by atoms with E-state index in [-0.39, 0.29) is 12.5 Å². The SMILES string of the molecule is O=C(COc1cccc2ccc(N3CCC4(CC3)OCCO4)nc12)NCCc1ccccc1. The molecule has 3 heterocycles. The highest BCUT2D eigenvalue weighted by Gasteiger charge is 2.40. The Labute approximate surface area is 193 Å². The lowest BCUT2D eigenvalue weighted by Gasteiger charge is -2.38. The van der Waals surface area contributed by atoms with Crippen LogP contribution < -0.4 is 15.0 Å². The number of fused-ring (bicyclic) bond motifs is 1. The van der Waals surface area contributed by atoms with Gasteiger partial charge in [0.15, 0.2) is 12.4 Å². The second-order valence-corrected chi connectivity index (χ2v) is 8.47. The summed E-state index contributed by atoms with van der Waals surface area (Å²) >= 11 is 0. The number of pyridine rings is 1. The van der Waals surface area contributed by atoms with Crippen molar-refractivity contribution in [1.82, 2.24) is 10.3 Å². The smallest absolute Gasteiger partial charge is 0.257 e. The Bertz CT molecular complexity index is 1090. The standard InChI is InChI=1S/C26H29N3O4/c30-24(27-14-11-20-5-2-1-3-6-20)19-31-22-8-4-7-21-9-10-23(28-25(21)22)29-15-12-26(13-16-29)32-17-18-33-26/h1-10H,11-19H2,(H,27,30). The van der Waals surface area contributed by atoms with Crippen LogP contribution in [0.1, 0.15) is 18.4 Å². The molecule has 7 heteroatoms. The summed E-state index contributed by atoms with van der Waals surface area (Å²) in [5.41, 5.74) is 1.96. The normalized spacial score (nSPS) is 17.4. The molecule has 2 aliphatic rings. The largest absolute Gasteiger partial charge is 0.481 e. The summed E-state index contributed by atoms with van der Waals surface area (Å²) < 4.78 is 17.5. The molecule has 1 amide bonds. The zero-order chi connectivity index (χ0) is 22.5. The lowest BCUT2D eigenvalue weighted by atomic mass is 10.0. The number of anilines is 1. The van der Waals surface area contributed by atoms with Gasteiger partial charge in [0, 0.05) is 37.9 Å². The summed E-state index contributed by atoms with van der Waals surface area (Å²) in [5.74, 6) is 0.967. The number of nitrogens with one attached hydrogen (secondary N) is 1. The van der Waals surface area contributed by atoms with Crippen LogP contribution in [0.4, 0.5) is 5.82 Å². The van der Waals surface area contributed by atoms with Crippen molar-refractivity contribution in [2.24, 2.45) is 0 Å². The van der Waals surface area contributed by atoms with Crippen molar-refractivity contribution in [3.63, 3.8) is 0 Å². The molecule has 1 aromatic heterocycles. The summed E-state index contributed by atoms with van der Waals surface area (Å²) in [6.07, 6.45) is 2.45. The minimum atomic E-state index is -0.407. The predicted octanol–water partition coefficient (Wildman–Crippen LogP) is 3.32. The number of rotatable bonds is 7. The second-order valence-electron chi connectivity index (χ2n) is 8.47. The van der Waals surface area contributed by atoms with Crippen molar-refractivity contribution in [1.29, 1.82) is 0 Å². The number of aromatic nitrogens is 1. The molecule has 5 rings (SSSR count). The average molecular weight is 448 g/mol. The van der Waals surface area contributed by atoms with Crippen molar-refractivity contribution in [3.05, 3.63) is 66.2 Å². The van der Waals surface area contributed by atoms with Gasteiger partial charge in [0.05, 0.1) is 13.2 Å². The van der Waals surface area contributed by atoms with Crippen molar-refractivity contribution in [2.45, 2.75) is 25.0 Å². The number of benzene rings is 2. The van der Waals surface area contributed by atoms with E-state index < -0.39 is 5.79 Å². The number of para-hydroxylation sites is 1. The minimum absolute atomic E-state index is 0.0409. The molecule has 0 saturated carbocycles. The first-order chi connectivity index (χ1) is 16.2. The Morgan fingerprint density at radius 3 is 2.58 bits per heavy atom. The molecule has 2 aromatic carbocycles. The molecule has 0 aliphatic carbocycles. The van der Waals surface area contributed by atoms with Gasteiger partial charge in [-0.05, 0) is 30.2 Å². The van der Waals surface area contributed by atoms with Gasteiger partial charge < -0.3 is 24.4 Å². The van der Waals surface area contributed by atoms with Gasteiger partial charge in [-0.25, -0.2) is 4.98 Å². The molecule has 172 valence electrons. The molecule has 33 heavy (non-hydrogen) atoms. The van der Waals surface area contributed by atoms with E-state index in [2.05, 4.69) is 28.4 Å². The summed E-state index contributed by atoms with van der Waals surface area (Å²) in [7, 11) is 0. The molecule has 2 fully saturated rings. The monoisotopic (exact) mass is 447 g/mol. The highest BCUT2D eigenvalue weighted by atomic mass is 16.7. The fourth-order valence-electron chi connectivity index (χ4n) is 4.45. The average Bonchev–Trinajstić information content (AvgIpc) is 3.31. The zero-order valence-electron chi connectivity index (χ0n) is 18.7. The third-order valence-electron chi connectivity index (χ3n) is 6.27. The van der Waals surface area contributed by atoms with Crippen LogP contribution >= 0.6 is 0 Å². The van der Waals surface area contributed by atoms with Gasteiger partial charge in [-0.3, -0.25) is 4.79 Å². The molecule has 2 saturated heterocycles. The van der Waals surface area contributed by atoms with Gasteiger partial charge in [0.25, 0.3) is 5.91 Å². The molecule has 0 radical (unpaired) electrons. The second kappa shape index (κ2) is 9.77. The predicted molar refractivity (Wildman–Crippen MR) is 126 cm³/mol. The van der Waals surface area contributed by atoms with Crippen LogP contribution in [0.2, 0.25) is 0 Å². The minimum Gasteiger partial charge on any atom is -0.481 e. The summed E-state index contributed by atoms with van der Waals surface area (Å²) in [5, 5.41) is 3.90. The van der Waals surface area contributed by atoms with Crippen molar-refractivity contribution >= 4 is 22.6 Å². The lowest BCUT2D eigenvalue weighted by Crippen LogP contribution is -2.45. The Morgan fingerprint density at radius 2 is 1.79 bits per heavy atom. The first-order valence-corrected chi connectivity index (χ1v) is 11.6. The van der Waals surface area contributed by atoms with Crippen LogP contribution in [0.15, 0.2) is 60.7 Å². The molecule has 0 atom stereocenters. The number of ether oxygens (including phenoxy) is 3. The highest BCUT2D eigenvalue weighted by Crippen LogP contribution is 2.34. The van der Waals surface area contributed by atoms with Crippen LogP contribution in [-0.4, -0.2) is 56.1 Å². The quantitative estimate of drug-likeness (QED) is 0.599. The number of amides is 1. The molecule has 2 aliphatic heterocycles. The van der Waals surface area contributed by atoms with E-state index in [0.717, 1.165) is 49.1 Å². The van der Waals surface area contributed by atoms with E-state index in [1.807, 2.05) is 42.5 Å². The summed E-state index contributed by atoms with van der Waals surface area (Å²) in [4.78, 5) is 19.4. The van der Waals surface area contributed by atoms with Crippen LogP contribution in [0, 0.1) is 0 Å². The first-order valence-electron chi connectivity index (χ1n) is 11.6.